The van der Waals surface area contributed by atoms with Gasteiger partial charge in [0.05, 0.1) is 16.3 Å². The first-order valence-corrected chi connectivity index (χ1v) is 9.09. The smallest absolute Gasteiger partial charge is 0.230 e. The summed E-state index contributed by atoms with van der Waals surface area (Å²) < 4.78 is 14.0. The molecule has 1 amide bonds. The molecule has 0 radical (unpaired) electrons. The zero-order valence-corrected chi connectivity index (χ0v) is 14.8. The summed E-state index contributed by atoms with van der Waals surface area (Å²) in [5.41, 5.74) is 0.682. The lowest BCUT2D eigenvalue weighted by Gasteiger charge is -2.18. The minimum atomic E-state index is -0.502. The van der Waals surface area contributed by atoms with E-state index in [1.165, 1.54) is 52.7 Å². The molecule has 25 heavy (non-hydrogen) atoms. The number of hydrogen-bond donors (Lipinski definition) is 0. The third kappa shape index (κ3) is 3.89. The Kier molecular flexibility index (Phi) is 5.16. The number of thiazole rings is 1. The predicted octanol–water partition coefficient (Wildman–Crippen LogP) is 4.92. The number of para-hydroxylation sites is 1. The van der Waals surface area contributed by atoms with Gasteiger partial charge in [-0.2, -0.15) is 0 Å². The topological polar surface area (TPSA) is 50.3 Å². The first-order chi connectivity index (χ1) is 12.1. The molecule has 0 aliphatic rings. The van der Waals surface area contributed by atoms with Crippen molar-refractivity contribution in [2.24, 2.45) is 0 Å². The molecule has 1 aromatic carbocycles. The Balaban J connectivity index is 1.85. The molecule has 0 N–H and O–H groups in total. The first-order valence-electron chi connectivity index (χ1n) is 7.33. The fourth-order valence-corrected chi connectivity index (χ4v) is 3.65. The van der Waals surface area contributed by atoms with E-state index in [4.69, 9.17) is 0 Å². The lowest BCUT2D eigenvalue weighted by Crippen LogP contribution is -2.23. The summed E-state index contributed by atoms with van der Waals surface area (Å²) in [6.07, 6.45) is 3.02. The van der Waals surface area contributed by atoms with Crippen molar-refractivity contribution in [3.8, 4) is 0 Å². The predicted molar refractivity (Wildman–Crippen MR) is 99.0 cm³/mol. The maximum atomic E-state index is 14.0. The van der Waals surface area contributed by atoms with Crippen molar-refractivity contribution < 1.29 is 14.0 Å². The molecule has 0 unspecified atom stereocenters. The van der Waals surface area contributed by atoms with Gasteiger partial charge < -0.3 is 0 Å². The van der Waals surface area contributed by atoms with Crippen molar-refractivity contribution in [2.45, 2.75) is 6.92 Å². The number of carbonyl (C=O) groups is 2. The normalized spacial score (nSPS) is 11.0. The summed E-state index contributed by atoms with van der Waals surface area (Å²) in [6.45, 7) is 1.35. The molecule has 0 spiro atoms. The van der Waals surface area contributed by atoms with Crippen molar-refractivity contribution in [1.82, 2.24) is 4.98 Å². The van der Waals surface area contributed by atoms with Crippen molar-refractivity contribution in [3.63, 3.8) is 0 Å². The van der Waals surface area contributed by atoms with Crippen molar-refractivity contribution in [1.29, 1.82) is 0 Å². The SMILES string of the molecule is CC(=O)N(c1nc(/C=C/C(=O)c2cccs2)cs1)c1ccccc1F. The van der Waals surface area contributed by atoms with Gasteiger partial charge >= 0.3 is 0 Å². The third-order valence-electron chi connectivity index (χ3n) is 3.28. The van der Waals surface area contributed by atoms with Gasteiger partial charge in [0.25, 0.3) is 0 Å². The van der Waals surface area contributed by atoms with Crippen LogP contribution in [-0.2, 0) is 4.79 Å². The van der Waals surface area contributed by atoms with Gasteiger partial charge in [-0.1, -0.05) is 18.2 Å². The van der Waals surface area contributed by atoms with Crippen LogP contribution in [0.15, 0.2) is 53.2 Å². The van der Waals surface area contributed by atoms with Crippen LogP contribution < -0.4 is 4.90 Å². The van der Waals surface area contributed by atoms with Gasteiger partial charge in [-0.15, -0.1) is 22.7 Å². The lowest BCUT2D eigenvalue weighted by molar-refractivity contribution is -0.115. The number of allylic oxidation sites excluding steroid dienone is 1. The Morgan fingerprint density at radius 3 is 2.64 bits per heavy atom. The van der Waals surface area contributed by atoms with Gasteiger partial charge in [0.1, 0.15) is 5.82 Å². The van der Waals surface area contributed by atoms with Crippen LogP contribution in [0, 0.1) is 5.82 Å². The molecule has 0 fully saturated rings. The van der Waals surface area contributed by atoms with E-state index in [2.05, 4.69) is 4.98 Å². The molecular weight excluding hydrogens is 359 g/mol. The number of aromatic nitrogens is 1. The quantitative estimate of drug-likeness (QED) is 0.472. The van der Waals surface area contributed by atoms with E-state index in [1.54, 1.807) is 29.7 Å². The van der Waals surface area contributed by atoms with Crippen LogP contribution in [0.1, 0.15) is 22.3 Å². The van der Waals surface area contributed by atoms with E-state index in [9.17, 15) is 14.0 Å². The van der Waals surface area contributed by atoms with Crippen LogP contribution in [0.25, 0.3) is 6.08 Å². The fraction of sp³-hybridized carbons (Fsp3) is 0.0556. The number of amides is 1. The van der Waals surface area contributed by atoms with E-state index in [-0.39, 0.29) is 17.4 Å². The zero-order chi connectivity index (χ0) is 17.8. The minimum absolute atomic E-state index is 0.109. The second kappa shape index (κ2) is 7.50. The molecule has 7 heteroatoms. The number of benzene rings is 1. The Hall–Kier alpha value is -2.64. The molecule has 3 aromatic rings. The molecule has 2 heterocycles. The lowest BCUT2D eigenvalue weighted by atomic mass is 10.3. The first kappa shape index (κ1) is 17.2. The van der Waals surface area contributed by atoms with Crippen LogP contribution >= 0.6 is 22.7 Å². The second-order valence-electron chi connectivity index (χ2n) is 5.04. The van der Waals surface area contributed by atoms with E-state index in [1.807, 2.05) is 11.4 Å². The fourth-order valence-electron chi connectivity index (χ4n) is 2.16. The van der Waals surface area contributed by atoms with E-state index in [0.717, 1.165) is 0 Å². The standard InChI is InChI=1S/C18H13FN2O2S2/c1-12(22)21(15-6-3-2-5-14(15)19)18-20-13(11-25-18)8-9-16(23)17-7-4-10-24-17/h2-11H,1H3/b9-8+. The number of anilines is 2. The minimum Gasteiger partial charge on any atom is -0.288 e. The number of halogens is 1. The van der Waals surface area contributed by atoms with Gasteiger partial charge in [-0.25, -0.2) is 9.37 Å². The Morgan fingerprint density at radius 2 is 1.96 bits per heavy atom. The molecule has 3 rings (SSSR count). The average Bonchev–Trinajstić information content (AvgIpc) is 3.26. The van der Waals surface area contributed by atoms with Crippen LogP contribution in [0.2, 0.25) is 0 Å². The van der Waals surface area contributed by atoms with Gasteiger partial charge in [0.15, 0.2) is 10.9 Å². The van der Waals surface area contributed by atoms with Crippen molar-refractivity contribution >= 4 is 51.3 Å². The average molecular weight is 372 g/mol. The highest BCUT2D eigenvalue weighted by Gasteiger charge is 2.20. The molecule has 0 saturated heterocycles. The maximum Gasteiger partial charge on any atom is 0.230 e. The molecule has 0 aliphatic carbocycles. The maximum absolute atomic E-state index is 14.0. The molecule has 4 nitrogen and oxygen atoms in total. The third-order valence-corrected chi connectivity index (χ3v) is 5.01. The molecule has 2 aromatic heterocycles. The molecule has 0 atom stereocenters. The summed E-state index contributed by atoms with van der Waals surface area (Å²) in [4.78, 5) is 30.1. The Morgan fingerprint density at radius 1 is 1.16 bits per heavy atom. The summed E-state index contributed by atoms with van der Waals surface area (Å²) in [5, 5.41) is 3.90. The highest BCUT2D eigenvalue weighted by Crippen LogP contribution is 2.31. The van der Waals surface area contributed by atoms with Crippen molar-refractivity contribution in [3.05, 3.63) is 69.6 Å². The summed E-state index contributed by atoms with van der Waals surface area (Å²) >= 11 is 2.57. The Bertz CT molecular complexity index is 932. The van der Waals surface area contributed by atoms with Gasteiger partial charge in [0.2, 0.25) is 5.91 Å². The number of rotatable bonds is 5. The molecular formula is C18H13FN2O2S2. The number of hydrogen-bond acceptors (Lipinski definition) is 5. The van der Waals surface area contributed by atoms with Crippen LogP contribution in [-0.4, -0.2) is 16.7 Å². The van der Waals surface area contributed by atoms with Crippen LogP contribution in [0.3, 0.4) is 0 Å². The summed E-state index contributed by atoms with van der Waals surface area (Å²) in [6, 6.07) is 9.59. The number of thiophene rings is 1. The highest BCUT2D eigenvalue weighted by atomic mass is 32.1. The monoisotopic (exact) mass is 372 g/mol. The summed E-state index contributed by atoms with van der Waals surface area (Å²) in [7, 11) is 0. The molecule has 0 aliphatic heterocycles. The van der Waals surface area contributed by atoms with Crippen LogP contribution in [0.5, 0.6) is 0 Å². The number of nitrogens with zero attached hydrogens (tertiary/aromatic N) is 2. The zero-order valence-electron chi connectivity index (χ0n) is 13.2. The summed E-state index contributed by atoms with van der Waals surface area (Å²) in [5.74, 6) is -0.954. The van der Waals surface area contributed by atoms with E-state index >= 15 is 0 Å². The number of carbonyl (C=O) groups excluding carboxylic acids is 2. The molecule has 0 saturated carbocycles. The van der Waals surface area contributed by atoms with Gasteiger partial charge in [-0.3, -0.25) is 14.5 Å². The Labute approximate surface area is 151 Å². The molecule has 126 valence electrons. The van der Waals surface area contributed by atoms with Gasteiger partial charge in [0, 0.05) is 12.3 Å². The second-order valence-corrected chi connectivity index (χ2v) is 6.82. The van der Waals surface area contributed by atoms with Gasteiger partial charge in [-0.05, 0) is 35.7 Å². The molecule has 0 bridgehead atoms. The highest BCUT2D eigenvalue weighted by molar-refractivity contribution is 7.14. The van der Waals surface area contributed by atoms with E-state index in [0.29, 0.717) is 15.7 Å². The van der Waals surface area contributed by atoms with E-state index < -0.39 is 5.82 Å². The number of ketones is 1. The largest absolute Gasteiger partial charge is 0.288 e. The van der Waals surface area contributed by atoms with Crippen molar-refractivity contribution in [2.75, 3.05) is 4.90 Å². The van der Waals surface area contributed by atoms with Crippen LogP contribution in [0.4, 0.5) is 15.2 Å².